The van der Waals surface area contributed by atoms with Gasteiger partial charge in [0.15, 0.2) is 0 Å². The first kappa shape index (κ1) is 26.3. The van der Waals surface area contributed by atoms with Crippen LogP contribution in [0.5, 0.6) is 5.75 Å². The minimum absolute atomic E-state index is 0.0482. The summed E-state index contributed by atoms with van der Waals surface area (Å²) in [6.45, 7) is 0.0482. The highest BCUT2D eigenvalue weighted by atomic mass is 19.4. The molecule has 10 heteroatoms. The fourth-order valence-corrected chi connectivity index (χ4v) is 4.33. The minimum atomic E-state index is -4.81. The van der Waals surface area contributed by atoms with E-state index in [4.69, 9.17) is 0 Å². The van der Waals surface area contributed by atoms with Crippen LogP contribution in [0.1, 0.15) is 22.4 Å². The van der Waals surface area contributed by atoms with Gasteiger partial charge in [-0.1, -0.05) is 24.3 Å². The van der Waals surface area contributed by atoms with Crippen LogP contribution in [0.25, 0.3) is 11.1 Å². The van der Waals surface area contributed by atoms with Crippen molar-refractivity contribution in [1.82, 2.24) is 9.55 Å². The normalized spacial score (nSPS) is 12.7. The summed E-state index contributed by atoms with van der Waals surface area (Å²) in [6.07, 6.45) is -1.68. The molecule has 0 amide bonds. The monoisotopic (exact) mass is 517 g/mol. The van der Waals surface area contributed by atoms with Crippen molar-refractivity contribution in [2.45, 2.75) is 12.0 Å². The number of hydrogen-bond donors (Lipinski definition) is 1. The lowest BCUT2D eigenvalue weighted by Crippen LogP contribution is -2.41. The first-order chi connectivity index (χ1) is 18.0. The quantitative estimate of drug-likeness (QED) is 0.366. The number of nitriles is 2. The third kappa shape index (κ3) is 5.46. The maximum absolute atomic E-state index is 12.6. The average molecular weight is 518 g/mol. The predicted molar refractivity (Wildman–Crippen MR) is 134 cm³/mol. The Morgan fingerprint density at radius 3 is 2.16 bits per heavy atom. The van der Waals surface area contributed by atoms with Crippen LogP contribution in [0.4, 0.5) is 18.9 Å². The molecule has 4 aromatic rings. The van der Waals surface area contributed by atoms with E-state index in [-0.39, 0.29) is 12.3 Å². The SMILES string of the molecule is CN(CC(O)(c1ccc(C#N)cc1)c1cncn1C)c1ccc(C#N)cc1-c1ccc(OC(F)(F)F)cc1. The number of likely N-dealkylation sites (N-methyl/N-ethyl adjacent to an activating group) is 1. The Bertz CT molecular complexity index is 1520. The third-order valence-electron chi connectivity index (χ3n) is 6.13. The molecular weight excluding hydrogens is 495 g/mol. The second-order valence-corrected chi connectivity index (χ2v) is 8.71. The van der Waals surface area contributed by atoms with Crippen molar-refractivity contribution in [2.75, 3.05) is 18.5 Å². The molecule has 192 valence electrons. The van der Waals surface area contributed by atoms with Crippen molar-refractivity contribution in [3.05, 3.63) is 102 Å². The van der Waals surface area contributed by atoms with Crippen LogP contribution in [0.2, 0.25) is 0 Å². The van der Waals surface area contributed by atoms with Gasteiger partial charge in [-0.25, -0.2) is 4.98 Å². The van der Waals surface area contributed by atoms with Gasteiger partial charge >= 0.3 is 6.36 Å². The second-order valence-electron chi connectivity index (χ2n) is 8.71. The molecule has 1 heterocycles. The number of benzene rings is 3. The van der Waals surface area contributed by atoms with Gasteiger partial charge in [-0.3, -0.25) is 0 Å². The predicted octanol–water partition coefficient (Wildman–Crippen LogP) is 5.10. The summed E-state index contributed by atoms with van der Waals surface area (Å²) < 4.78 is 43.5. The van der Waals surface area contributed by atoms with E-state index in [0.29, 0.717) is 39.2 Å². The molecule has 1 aromatic heterocycles. The molecule has 0 saturated carbocycles. The van der Waals surface area contributed by atoms with E-state index in [1.807, 2.05) is 0 Å². The van der Waals surface area contributed by atoms with E-state index < -0.39 is 12.0 Å². The zero-order chi connectivity index (χ0) is 27.5. The molecule has 0 saturated heterocycles. The van der Waals surface area contributed by atoms with Gasteiger partial charge in [-0.2, -0.15) is 10.5 Å². The van der Waals surface area contributed by atoms with E-state index in [1.165, 1.54) is 24.3 Å². The molecule has 1 N–H and O–H groups in total. The summed E-state index contributed by atoms with van der Waals surface area (Å²) in [4.78, 5) is 5.95. The summed E-state index contributed by atoms with van der Waals surface area (Å²) in [5.41, 5.74) is 2.07. The van der Waals surface area contributed by atoms with E-state index in [9.17, 15) is 28.8 Å². The average Bonchev–Trinajstić information content (AvgIpc) is 3.34. The lowest BCUT2D eigenvalue weighted by atomic mass is 9.88. The first-order valence-electron chi connectivity index (χ1n) is 11.4. The highest BCUT2D eigenvalue weighted by Gasteiger charge is 2.36. The third-order valence-corrected chi connectivity index (χ3v) is 6.13. The Morgan fingerprint density at radius 1 is 0.974 bits per heavy atom. The molecule has 0 fully saturated rings. The van der Waals surface area contributed by atoms with Crippen LogP contribution < -0.4 is 9.64 Å². The number of rotatable bonds is 7. The highest BCUT2D eigenvalue weighted by molar-refractivity contribution is 5.80. The van der Waals surface area contributed by atoms with Gasteiger partial charge in [-0.15, -0.1) is 13.2 Å². The lowest BCUT2D eigenvalue weighted by Gasteiger charge is -2.35. The van der Waals surface area contributed by atoms with Gasteiger partial charge in [-0.05, 0) is 53.6 Å². The zero-order valence-corrected chi connectivity index (χ0v) is 20.4. The number of anilines is 1. The van der Waals surface area contributed by atoms with Crippen molar-refractivity contribution in [2.24, 2.45) is 7.05 Å². The number of aryl methyl sites for hydroxylation is 1. The van der Waals surface area contributed by atoms with Crippen molar-refractivity contribution >= 4 is 5.69 Å². The zero-order valence-electron chi connectivity index (χ0n) is 20.4. The maximum Gasteiger partial charge on any atom is 0.573 e. The number of aliphatic hydroxyl groups is 1. The summed E-state index contributed by atoms with van der Waals surface area (Å²) in [5, 5.41) is 30.7. The summed E-state index contributed by atoms with van der Waals surface area (Å²) >= 11 is 0. The fourth-order valence-electron chi connectivity index (χ4n) is 4.33. The molecule has 1 atom stereocenters. The standard InChI is InChI=1S/C28H22F3N5O2/c1-35(17-27(37,26-16-34-18-36(26)2)22-8-3-19(14-32)4-9-22)25-12-5-20(15-33)13-24(25)21-6-10-23(11-7-21)38-28(29,30)31/h3-13,16,18,37H,17H2,1-2H3. The maximum atomic E-state index is 12.6. The minimum Gasteiger partial charge on any atom is -0.406 e. The largest absolute Gasteiger partial charge is 0.573 e. The molecule has 7 nitrogen and oxygen atoms in total. The molecule has 3 aromatic carbocycles. The number of imidazole rings is 1. The molecule has 0 aliphatic heterocycles. The number of nitrogens with zero attached hydrogens (tertiary/aromatic N) is 5. The van der Waals surface area contributed by atoms with Crippen LogP contribution in [-0.2, 0) is 12.6 Å². The van der Waals surface area contributed by atoms with Gasteiger partial charge in [0, 0.05) is 25.3 Å². The van der Waals surface area contributed by atoms with E-state index in [1.54, 1.807) is 78.6 Å². The van der Waals surface area contributed by atoms with Gasteiger partial charge in [0.1, 0.15) is 11.4 Å². The molecule has 4 rings (SSSR count). The smallest absolute Gasteiger partial charge is 0.406 e. The van der Waals surface area contributed by atoms with Crippen LogP contribution >= 0.6 is 0 Å². The summed E-state index contributed by atoms with van der Waals surface area (Å²) in [5.74, 6) is -0.362. The Morgan fingerprint density at radius 2 is 1.61 bits per heavy atom. The van der Waals surface area contributed by atoms with Crippen molar-refractivity contribution in [3.8, 4) is 29.0 Å². The number of alkyl halides is 3. The molecule has 0 aliphatic carbocycles. The van der Waals surface area contributed by atoms with Gasteiger partial charge in [0.25, 0.3) is 0 Å². The van der Waals surface area contributed by atoms with Gasteiger partial charge in [0.05, 0.1) is 48.0 Å². The fraction of sp³-hybridized carbons (Fsp3) is 0.179. The molecule has 0 bridgehead atoms. The molecule has 0 spiro atoms. The van der Waals surface area contributed by atoms with Crippen LogP contribution in [-0.4, -0.2) is 34.6 Å². The topological polar surface area (TPSA) is 98.1 Å². The molecule has 0 aliphatic rings. The molecule has 38 heavy (non-hydrogen) atoms. The molecular formula is C28H22F3N5O2. The number of hydrogen-bond acceptors (Lipinski definition) is 6. The Balaban J connectivity index is 1.76. The second kappa shape index (κ2) is 10.3. The van der Waals surface area contributed by atoms with Crippen LogP contribution in [0.15, 0.2) is 79.3 Å². The van der Waals surface area contributed by atoms with E-state index >= 15 is 0 Å². The Kier molecular flexibility index (Phi) is 7.11. The molecule has 0 radical (unpaired) electrons. The first-order valence-corrected chi connectivity index (χ1v) is 11.4. The number of aromatic nitrogens is 2. The lowest BCUT2D eigenvalue weighted by molar-refractivity contribution is -0.274. The van der Waals surface area contributed by atoms with Crippen molar-refractivity contribution in [1.29, 1.82) is 10.5 Å². The summed E-state index contributed by atoms with van der Waals surface area (Å²) in [6, 6.07) is 21.1. The van der Waals surface area contributed by atoms with E-state index in [2.05, 4.69) is 21.9 Å². The number of ether oxygens (including phenoxy) is 1. The van der Waals surface area contributed by atoms with Crippen LogP contribution in [0, 0.1) is 22.7 Å². The van der Waals surface area contributed by atoms with Gasteiger partial charge in [0.2, 0.25) is 0 Å². The molecule has 1 unspecified atom stereocenters. The van der Waals surface area contributed by atoms with Crippen molar-refractivity contribution in [3.63, 3.8) is 0 Å². The number of halogens is 3. The Hall–Kier alpha value is -4.80. The van der Waals surface area contributed by atoms with Crippen molar-refractivity contribution < 1.29 is 23.0 Å². The summed E-state index contributed by atoms with van der Waals surface area (Å²) in [7, 11) is 3.52. The highest BCUT2D eigenvalue weighted by Crippen LogP contribution is 2.37. The van der Waals surface area contributed by atoms with Gasteiger partial charge < -0.3 is 19.3 Å². The Labute approximate surface area is 217 Å². The van der Waals surface area contributed by atoms with Crippen LogP contribution in [0.3, 0.4) is 0 Å². The van der Waals surface area contributed by atoms with E-state index in [0.717, 1.165) is 0 Å².